The van der Waals surface area contributed by atoms with Crippen molar-refractivity contribution in [1.82, 2.24) is 4.90 Å². The molecule has 0 fully saturated rings. The Morgan fingerprint density at radius 2 is 0.628 bits per heavy atom. The van der Waals surface area contributed by atoms with Crippen molar-refractivity contribution in [2.45, 2.75) is 214 Å². The van der Waals surface area contributed by atoms with Crippen molar-refractivity contribution >= 4 is 7.82 Å². The van der Waals surface area contributed by atoms with Crippen molar-refractivity contribution in [1.29, 1.82) is 0 Å². The highest BCUT2D eigenvalue weighted by Gasteiger charge is 2.12. The van der Waals surface area contributed by atoms with Crippen molar-refractivity contribution in [3.63, 3.8) is 0 Å². The molecule has 0 saturated heterocycles. The van der Waals surface area contributed by atoms with Crippen LogP contribution in [0.3, 0.4) is 0 Å². The zero-order valence-electron chi connectivity index (χ0n) is 29.9. The van der Waals surface area contributed by atoms with Crippen LogP contribution in [0.1, 0.15) is 214 Å². The Balaban J connectivity index is 0. The summed E-state index contributed by atoms with van der Waals surface area (Å²) < 4.78 is 14.8. The number of phosphoric ester groups is 1. The molecule has 0 aliphatic heterocycles. The summed E-state index contributed by atoms with van der Waals surface area (Å²) in [5, 5.41) is 0. The Morgan fingerprint density at radius 3 is 0.884 bits per heavy atom. The Bertz CT molecular complexity index is 505. The average Bonchev–Trinajstić information content (AvgIpc) is 2.98. The number of nitrogens with zero attached hydrogens (tertiary/aromatic N) is 1. The Labute approximate surface area is 271 Å². The molecular weight excluding hydrogens is 553 g/mol. The highest BCUT2D eigenvalue weighted by atomic mass is 31.2. The summed E-state index contributed by atoms with van der Waals surface area (Å²) in [6.45, 7) is 13.4. The predicted molar refractivity (Wildman–Crippen MR) is 191 cm³/mol. The van der Waals surface area contributed by atoms with Gasteiger partial charge < -0.3 is 14.7 Å². The molecule has 43 heavy (non-hydrogen) atoms. The van der Waals surface area contributed by atoms with E-state index in [0.717, 1.165) is 19.3 Å². The van der Waals surface area contributed by atoms with Gasteiger partial charge in [-0.2, -0.15) is 0 Å². The molecule has 2 N–H and O–H groups in total. The first-order valence-electron chi connectivity index (χ1n) is 19.3. The van der Waals surface area contributed by atoms with E-state index in [4.69, 9.17) is 9.79 Å². The summed E-state index contributed by atoms with van der Waals surface area (Å²) in [5.74, 6) is 0. The lowest BCUT2D eigenvalue weighted by molar-refractivity contribution is 0.193. The molecule has 0 spiro atoms. The van der Waals surface area contributed by atoms with E-state index in [1.165, 1.54) is 187 Å². The molecule has 0 aliphatic carbocycles. The monoisotopic (exact) mass is 634 g/mol. The Kier molecular flexibility index (Phi) is 40.2. The second kappa shape index (κ2) is 38.3. The van der Waals surface area contributed by atoms with Crippen molar-refractivity contribution in [3.05, 3.63) is 0 Å². The van der Waals surface area contributed by atoms with Crippen molar-refractivity contribution in [2.75, 3.05) is 26.2 Å². The van der Waals surface area contributed by atoms with Gasteiger partial charge in [0.15, 0.2) is 0 Å². The molecule has 6 heteroatoms. The molecule has 0 amide bonds. The Hall–Kier alpha value is 0.0700. The first kappa shape index (κ1) is 45.2. The molecule has 0 aliphatic rings. The number of hydrogen-bond acceptors (Lipinski definition) is 3. The first-order chi connectivity index (χ1) is 20.9. The number of rotatable bonds is 34. The maximum Gasteiger partial charge on any atom is 0.469 e. The van der Waals surface area contributed by atoms with Crippen LogP contribution in [-0.4, -0.2) is 40.9 Å². The van der Waals surface area contributed by atoms with E-state index in [2.05, 4.69) is 37.1 Å². The second-order valence-electron chi connectivity index (χ2n) is 13.0. The van der Waals surface area contributed by atoms with Gasteiger partial charge in [0, 0.05) is 0 Å². The number of unbranched alkanes of at least 4 members (excludes halogenated alkanes) is 25. The summed E-state index contributed by atoms with van der Waals surface area (Å²) in [6.07, 6.45) is 39.2. The van der Waals surface area contributed by atoms with Crippen LogP contribution in [0, 0.1) is 0 Å². The van der Waals surface area contributed by atoms with E-state index < -0.39 is 7.82 Å². The third kappa shape index (κ3) is 44.3. The quantitative estimate of drug-likeness (QED) is 0.0545. The van der Waals surface area contributed by atoms with E-state index in [1.807, 2.05) is 0 Å². The fourth-order valence-electron chi connectivity index (χ4n) is 5.63. The van der Waals surface area contributed by atoms with Crippen LogP contribution in [0.5, 0.6) is 0 Å². The van der Waals surface area contributed by atoms with E-state index in [-0.39, 0.29) is 6.61 Å². The van der Waals surface area contributed by atoms with Crippen LogP contribution >= 0.6 is 7.82 Å². The van der Waals surface area contributed by atoms with Gasteiger partial charge in [0.25, 0.3) is 0 Å². The van der Waals surface area contributed by atoms with Gasteiger partial charge in [0.2, 0.25) is 0 Å². The van der Waals surface area contributed by atoms with Crippen molar-refractivity contribution < 1.29 is 18.9 Å². The molecule has 0 radical (unpaired) electrons. The summed E-state index contributed by atoms with van der Waals surface area (Å²) in [7, 11) is -4.25. The zero-order valence-corrected chi connectivity index (χ0v) is 30.8. The van der Waals surface area contributed by atoms with Gasteiger partial charge in [0.1, 0.15) is 0 Å². The van der Waals surface area contributed by atoms with Crippen LogP contribution in [0.2, 0.25) is 0 Å². The summed E-state index contributed by atoms with van der Waals surface area (Å²) in [6, 6.07) is 0. The van der Waals surface area contributed by atoms with Crippen LogP contribution < -0.4 is 0 Å². The van der Waals surface area contributed by atoms with Gasteiger partial charge in [0.05, 0.1) is 6.61 Å². The minimum atomic E-state index is -4.25. The maximum absolute atomic E-state index is 10.4. The molecule has 5 nitrogen and oxygen atoms in total. The molecule has 0 aromatic carbocycles. The fraction of sp³-hybridized carbons (Fsp3) is 1.00. The third-order valence-corrected chi connectivity index (χ3v) is 9.01. The topological polar surface area (TPSA) is 70.0 Å². The van der Waals surface area contributed by atoms with Crippen LogP contribution in [0.15, 0.2) is 0 Å². The number of hydrogen-bond donors (Lipinski definition) is 2. The maximum atomic E-state index is 10.4. The molecule has 0 atom stereocenters. The first-order valence-corrected chi connectivity index (χ1v) is 20.9. The van der Waals surface area contributed by atoms with Crippen LogP contribution in [0.4, 0.5) is 0 Å². The standard InChI is InChI=1S/C24H51N.C13H29O4P/c1-4-7-10-13-16-19-22-25(23-20-17-14-11-8-5-2)24-21-18-15-12-9-6-3;1-2-3-4-5-6-7-8-9-10-11-12-13-17-18(14,15)16/h4-24H2,1-3H3;2-13H2,1H3,(H2,14,15,16). The molecule has 0 rings (SSSR count). The molecule has 0 heterocycles. The lowest BCUT2D eigenvalue weighted by atomic mass is 10.1. The van der Waals surface area contributed by atoms with Gasteiger partial charge in [-0.15, -0.1) is 0 Å². The molecule has 0 bridgehead atoms. The summed E-state index contributed by atoms with van der Waals surface area (Å²) in [4.78, 5) is 19.7. The van der Waals surface area contributed by atoms with E-state index in [0.29, 0.717) is 0 Å². The predicted octanol–water partition coefficient (Wildman–Crippen LogP) is 12.8. The van der Waals surface area contributed by atoms with Gasteiger partial charge >= 0.3 is 7.82 Å². The van der Waals surface area contributed by atoms with Crippen LogP contribution in [-0.2, 0) is 9.09 Å². The minimum absolute atomic E-state index is 0.168. The minimum Gasteiger partial charge on any atom is -0.303 e. The van der Waals surface area contributed by atoms with Crippen molar-refractivity contribution in [2.24, 2.45) is 0 Å². The van der Waals surface area contributed by atoms with E-state index in [1.54, 1.807) is 0 Å². The van der Waals surface area contributed by atoms with Gasteiger partial charge in [-0.3, -0.25) is 4.52 Å². The SMILES string of the molecule is CCCCCCCCCCCCCOP(=O)(O)O.CCCCCCCCN(CCCCCCCC)CCCCCCCC. The smallest absolute Gasteiger partial charge is 0.303 e. The van der Waals surface area contributed by atoms with Crippen LogP contribution in [0.25, 0.3) is 0 Å². The highest BCUT2D eigenvalue weighted by molar-refractivity contribution is 7.46. The Morgan fingerprint density at radius 1 is 0.395 bits per heavy atom. The fourth-order valence-corrected chi connectivity index (χ4v) is 6.00. The molecule has 0 aromatic heterocycles. The van der Waals surface area contributed by atoms with Gasteiger partial charge in [-0.1, -0.05) is 188 Å². The molecule has 0 saturated carbocycles. The zero-order chi connectivity index (χ0) is 32.1. The molecular formula is C37H80NO4P. The summed E-state index contributed by atoms with van der Waals surface area (Å²) in [5.41, 5.74) is 0. The summed E-state index contributed by atoms with van der Waals surface area (Å²) >= 11 is 0. The molecule has 262 valence electrons. The third-order valence-electron chi connectivity index (χ3n) is 8.49. The van der Waals surface area contributed by atoms with Gasteiger partial charge in [-0.25, -0.2) is 4.57 Å². The van der Waals surface area contributed by atoms with E-state index >= 15 is 0 Å². The molecule has 0 unspecified atom stereocenters. The lowest BCUT2D eigenvalue weighted by Gasteiger charge is -2.22. The largest absolute Gasteiger partial charge is 0.469 e. The molecule has 0 aromatic rings. The van der Waals surface area contributed by atoms with Gasteiger partial charge in [-0.05, 0) is 45.3 Å². The number of phosphoric acid groups is 1. The average molecular weight is 634 g/mol. The second-order valence-corrected chi connectivity index (χ2v) is 14.2. The van der Waals surface area contributed by atoms with E-state index in [9.17, 15) is 4.57 Å². The normalized spacial score (nSPS) is 11.7. The lowest BCUT2D eigenvalue weighted by Crippen LogP contribution is -2.27. The highest BCUT2D eigenvalue weighted by Crippen LogP contribution is 2.35. The van der Waals surface area contributed by atoms with Crippen molar-refractivity contribution in [3.8, 4) is 0 Å².